The van der Waals surface area contributed by atoms with Crippen LogP contribution in [0.15, 0.2) is 36.5 Å². The molecule has 1 aromatic heterocycles. The maximum atomic E-state index is 12.4. The van der Waals surface area contributed by atoms with Crippen molar-refractivity contribution in [2.24, 2.45) is 5.73 Å². The molecule has 0 atom stereocenters. The van der Waals surface area contributed by atoms with Gasteiger partial charge in [-0.3, -0.25) is 9.59 Å². The second-order valence-corrected chi connectivity index (χ2v) is 8.69. The molecule has 1 aromatic carbocycles. The molecule has 0 spiro atoms. The molecule has 0 fully saturated rings. The number of fused-ring (bicyclic) bond motifs is 1. The number of alkyl carbamates (subject to hydrolysis) is 1. The Balaban J connectivity index is 1.54. The van der Waals surface area contributed by atoms with Crippen LogP contribution >= 0.6 is 0 Å². The first kappa shape index (κ1) is 24.4. The van der Waals surface area contributed by atoms with E-state index < -0.39 is 17.7 Å². The Kier molecular flexibility index (Phi) is 7.24. The highest BCUT2D eigenvalue weighted by Gasteiger charge is 2.24. The largest absolute Gasteiger partial charge is 0.444 e. The van der Waals surface area contributed by atoms with Crippen molar-refractivity contribution >= 4 is 40.9 Å². The van der Waals surface area contributed by atoms with E-state index in [1.165, 1.54) is 0 Å². The lowest BCUT2D eigenvalue weighted by atomic mass is 10.0. The van der Waals surface area contributed by atoms with Crippen molar-refractivity contribution in [3.63, 3.8) is 0 Å². The van der Waals surface area contributed by atoms with Gasteiger partial charge in [-0.15, -0.1) is 0 Å². The van der Waals surface area contributed by atoms with E-state index in [2.05, 4.69) is 26.3 Å². The topological polar surface area (TPSA) is 167 Å². The number of amides is 5. The lowest BCUT2D eigenvalue weighted by Crippen LogP contribution is -2.39. The Morgan fingerprint density at radius 1 is 1.15 bits per heavy atom. The molecule has 0 radical (unpaired) electrons. The number of ether oxygens (including phenoxy) is 1. The van der Waals surface area contributed by atoms with Gasteiger partial charge in [0.2, 0.25) is 5.91 Å². The summed E-state index contributed by atoms with van der Waals surface area (Å²) in [6.45, 7) is 5.29. The third-order valence-corrected chi connectivity index (χ3v) is 4.68. The van der Waals surface area contributed by atoms with Gasteiger partial charge in [0.1, 0.15) is 12.1 Å². The van der Waals surface area contributed by atoms with E-state index in [0.29, 0.717) is 28.9 Å². The molecule has 0 saturated carbocycles. The molecule has 2 heterocycles. The standard InChI is InChI=1S/C23H28N6O5/c1-23(2,3)34-22(33)27-12-19(30)26-11-13-8-14(25-10-13)4-6-16-17-9-15(28-21(24)32)5-7-18(17)29-20(16)31/h5-10,25H,4,11-12H2,1-3H3,(H,26,30)(H,27,33)(H,29,31)(H3,24,28,32). The van der Waals surface area contributed by atoms with Gasteiger partial charge in [-0.25, -0.2) is 9.59 Å². The molecule has 11 nitrogen and oxygen atoms in total. The summed E-state index contributed by atoms with van der Waals surface area (Å²) in [5.41, 5.74) is 8.51. The fourth-order valence-corrected chi connectivity index (χ4v) is 3.26. The molecular formula is C23H28N6O5. The number of benzene rings is 1. The zero-order chi connectivity index (χ0) is 24.9. The van der Waals surface area contributed by atoms with Crippen LogP contribution in [0.4, 0.5) is 21.0 Å². The van der Waals surface area contributed by atoms with E-state index in [1.807, 2.05) is 6.07 Å². The summed E-state index contributed by atoms with van der Waals surface area (Å²) < 4.78 is 5.08. The molecule has 3 rings (SSSR count). The van der Waals surface area contributed by atoms with Crippen LogP contribution in [0.1, 0.15) is 37.6 Å². The number of carbonyl (C=O) groups excluding carboxylic acids is 4. The zero-order valence-corrected chi connectivity index (χ0v) is 19.2. The fraction of sp³-hybridized carbons (Fsp3) is 0.304. The summed E-state index contributed by atoms with van der Waals surface area (Å²) in [5.74, 6) is -0.585. The minimum atomic E-state index is -0.686. The lowest BCUT2D eigenvalue weighted by Gasteiger charge is -2.19. The number of aromatic amines is 1. The van der Waals surface area contributed by atoms with Gasteiger partial charge in [0.15, 0.2) is 0 Å². The van der Waals surface area contributed by atoms with Gasteiger partial charge in [-0.05, 0) is 50.6 Å². The third-order valence-electron chi connectivity index (χ3n) is 4.68. The van der Waals surface area contributed by atoms with Crippen LogP contribution in [-0.4, -0.2) is 41.1 Å². The number of H-pyrrole nitrogens is 1. The molecular weight excluding hydrogens is 440 g/mol. The van der Waals surface area contributed by atoms with Crippen LogP contribution in [-0.2, 0) is 27.3 Å². The predicted molar refractivity (Wildman–Crippen MR) is 127 cm³/mol. The maximum absolute atomic E-state index is 12.4. The van der Waals surface area contributed by atoms with Gasteiger partial charge in [-0.1, -0.05) is 6.08 Å². The number of nitrogens with one attached hydrogen (secondary N) is 5. The van der Waals surface area contributed by atoms with E-state index in [-0.39, 0.29) is 24.9 Å². The van der Waals surface area contributed by atoms with Crippen LogP contribution in [0.25, 0.3) is 5.57 Å². The second-order valence-electron chi connectivity index (χ2n) is 8.69. The summed E-state index contributed by atoms with van der Waals surface area (Å²) in [6.07, 6.45) is 3.33. The lowest BCUT2D eigenvalue weighted by molar-refractivity contribution is -0.120. The van der Waals surface area contributed by atoms with E-state index in [9.17, 15) is 19.2 Å². The number of primary amides is 1. The highest BCUT2D eigenvalue weighted by Crippen LogP contribution is 2.34. The van der Waals surface area contributed by atoms with Crippen LogP contribution in [0.2, 0.25) is 0 Å². The number of allylic oxidation sites excluding steroid dienone is 1. The summed E-state index contributed by atoms with van der Waals surface area (Å²) in [6, 6.07) is 6.23. The first-order chi connectivity index (χ1) is 16.0. The number of aromatic nitrogens is 1. The number of urea groups is 1. The SMILES string of the molecule is CC(C)(C)OC(=O)NCC(=O)NCc1c[nH]c(CC=C2C(=O)Nc3ccc(NC(N)=O)cc32)c1. The van der Waals surface area contributed by atoms with E-state index in [0.717, 1.165) is 11.3 Å². The van der Waals surface area contributed by atoms with E-state index in [1.54, 1.807) is 51.2 Å². The van der Waals surface area contributed by atoms with Crippen molar-refractivity contribution in [2.45, 2.75) is 39.3 Å². The van der Waals surface area contributed by atoms with Crippen molar-refractivity contribution in [1.29, 1.82) is 0 Å². The molecule has 5 amide bonds. The molecule has 11 heteroatoms. The fourth-order valence-electron chi connectivity index (χ4n) is 3.26. The summed E-state index contributed by atoms with van der Waals surface area (Å²) in [4.78, 5) is 50.2. The number of nitrogens with two attached hydrogens (primary N) is 1. The predicted octanol–water partition coefficient (Wildman–Crippen LogP) is 2.22. The smallest absolute Gasteiger partial charge is 0.408 e. The van der Waals surface area contributed by atoms with E-state index in [4.69, 9.17) is 10.5 Å². The number of carbonyl (C=O) groups is 4. The molecule has 2 aromatic rings. The van der Waals surface area contributed by atoms with Crippen LogP contribution < -0.4 is 27.0 Å². The first-order valence-corrected chi connectivity index (χ1v) is 10.6. The van der Waals surface area contributed by atoms with Gasteiger partial charge in [-0.2, -0.15) is 0 Å². The maximum Gasteiger partial charge on any atom is 0.408 e. The summed E-state index contributed by atoms with van der Waals surface area (Å²) in [7, 11) is 0. The molecule has 0 bridgehead atoms. The van der Waals surface area contributed by atoms with Gasteiger partial charge in [0.05, 0.1) is 0 Å². The van der Waals surface area contributed by atoms with Crippen molar-refractivity contribution in [3.8, 4) is 0 Å². The van der Waals surface area contributed by atoms with Crippen LogP contribution in [0.5, 0.6) is 0 Å². The van der Waals surface area contributed by atoms with Crippen molar-refractivity contribution in [1.82, 2.24) is 15.6 Å². The quantitative estimate of drug-likeness (QED) is 0.342. The minimum absolute atomic E-state index is 0.195. The second kappa shape index (κ2) is 10.1. The molecule has 1 aliphatic rings. The van der Waals surface area contributed by atoms with Gasteiger partial charge in [0, 0.05) is 47.4 Å². The monoisotopic (exact) mass is 468 g/mol. The van der Waals surface area contributed by atoms with E-state index >= 15 is 0 Å². The van der Waals surface area contributed by atoms with Crippen molar-refractivity contribution in [2.75, 3.05) is 17.2 Å². The number of rotatable bonds is 7. The summed E-state index contributed by atoms with van der Waals surface area (Å²) in [5, 5.41) is 10.4. The van der Waals surface area contributed by atoms with Crippen LogP contribution in [0, 0.1) is 0 Å². The Bertz CT molecular complexity index is 1140. The number of hydrogen-bond acceptors (Lipinski definition) is 5. The van der Waals surface area contributed by atoms with Gasteiger partial charge in [0.25, 0.3) is 5.91 Å². The normalized spacial score (nSPS) is 13.7. The highest BCUT2D eigenvalue weighted by molar-refractivity contribution is 6.31. The highest BCUT2D eigenvalue weighted by atomic mass is 16.6. The molecule has 0 unspecified atom stereocenters. The molecule has 1 aliphatic heterocycles. The Morgan fingerprint density at radius 2 is 1.91 bits per heavy atom. The summed E-state index contributed by atoms with van der Waals surface area (Å²) >= 11 is 0. The number of hydrogen-bond donors (Lipinski definition) is 6. The van der Waals surface area contributed by atoms with Gasteiger partial charge >= 0.3 is 12.1 Å². The third kappa shape index (κ3) is 6.86. The molecule has 0 aliphatic carbocycles. The average molecular weight is 469 g/mol. The van der Waals surface area contributed by atoms with Crippen molar-refractivity contribution < 1.29 is 23.9 Å². The molecule has 7 N–H and O–H groups in total. The van der Waals surface area contributed by atoms with Crippen LogP contribution in [0.3, 0.4) is 0 Å². The van der Waals surface area contributed by atoms with Crippen molar-refractivity contribution in [3.05, 3.63) is 53.4 Å². The van der Waals surface area contributed by atoms with Gasteiger partial charge < -0.3 is 36.7 Å². The molecule has 0 saturated heterocycles. The minimum Gasteiger partial charge on any atom is -0.444 e. The Hall–Kier alpha value is -4.28. The zero-order valence-electron chi connectivity index (χ0n) is 19.2. The Morgan fingerprint density at radius 3 is 2.62 bits per heavy atom. The number of anilines is 2. The molecule has 180 valence electrons. The first-order valence-electron chi connectivity index (χ1n) is 10.6. The molecule has 34 heavy (non-hydrogen) atoms. The Labute approximate surface area is 196 Å². The average Bonchev–Trinajstić information content (AvgIpc) is 3.30.